The van der Waals surface area contributed by atoms with Gasteiger partial charge in [0.2, 0.25) is 0 Å². The van der Waals surface area contributed by atoms with Crippen LogP contribution in [0.25, 0.3) is 10.9 Å². The molecule has 5 nitrogen and oxygen atoms in total. The maximum atomic E-state index is 8.53. The fourth-order valence-corrected chi connectivity index (χ4v) is 1.02. The lowest BCUT2D eigenvalue weighted by molar-refractivity contribution is -1.12. The van der Waals surface area contributed by atoms with Crippen LogP contribution >= 0.6 is 0 Å². The molecule has 0 atom stereocenters. The number of aliphatic hydroxyl groups is 2. The Morgan fingerprint density at radius 2 is 1.59 bits per heavy atom. The number of hydrogen-bond acceptors (Lipinski definition) is 4. The summed E-state index contributed by atoms with van der Waals surface area (Å²) in [5, 5.41) is 26.1. The van der Waals surface area contributed by atoms with Gasteiger partial charge in [-0.25, -0.2) is 5.21 Å². The number of para-hydroxylation sites is 1. The Labute approximate surface area is 99.7 Å². The SMILES string of the molecule is C[N+](C)(O)C(O)O.c1ccc2ncccc2c1. The molecule has 0 amide bonds. The molecule has 92 valence electrons. The number of rotatable bonds is 1. The average molecular weight is 237 g/mol. The first-order valence-electron chi connectivity index (χ1n) is 5.13. The molecule has 3 N–H and O–H groups in total. The zero-order chi connectivity index (χ0) is 12.9. The first-order chi connectivity index (χ1) is 7.91. The van der Waals surface area contributed by atoms with Gasteiger partial charge < -0.3 is 10.2 Å². The summed E-state index contributed by atoms with van der Waals surface area (Å²) in [6.45, 7) is 0. The van der Waals surface area contributed by atoms with E-state index in [2.05, 4.69) is 17.1 Å². The lowest BCUT2D eigenvalue weighted by Gasteiger charge is -2.19. The molecule has 5 heteroatoms. The van der Waals surface area contributed by atoms with Crippen molar-refractivity contribution < 1.29 is 20.1 Å². The minimum absolute atomic E-state index is 0.833. The Morgan fingerprint density at radius 1 is 1.06 bits per heavy atom. The van der Waals surface area contributed by atoms with E-state index >= 15 is 0 Å². The number of quaternary nitrogens is 1. The molecule has 0 spiro atoms. The zero-order valence-corrected chi connectivity index (χ0v) is 9.85. The molecule has 0 radical (unpaired) electrons. The van der Waals surface area contributed by atoms with Crippen LogP contribution in [0.4, 0.5) is 0 Å². The van der Waals surface area contributed by atoms with E-state index in [1.54, 1.807) is 0 Å². The highest BCUT2D eigenvalue weighted by atomic mass is 16.6. The molecular weight excluding hydrogens is 220 g/mol. The van der Waals surface area contributed by atoms with Crippen molar-refractivity contribution in [2.75, 3.05) is 14.1 Å². The number of pyridine rings is 1. The van der Waals surface area contributed by atoms with Crippen LogP contribution in [0.2, 0.25) is 0 Å². The average Bonchev–Trinajstić information content (AvgIpc) is 2.29. The first-order valence-corrected chi connectivity index (χ1v) is 5.13. The van der Waals surface area contributed by atoms with E-state index in [9.17, 15) is 0 Å². The molecular formula is C12H17N2O3+. The summed E-state index contributed by atoms with van der Waals surface area (Å²) in [4.78, 5) is 4.18. The largest absolute Gasteiger partial charge is 0.334 e. The molecule has 0 aliphatic carbocycles. The lowest BCUT2D eigenvalue weighted by atomic mass is 10.2. The highest BCUT2D eigenvalue weighted by Gasteiger charge is 2.19. The Kier molecular flexibility index (Phi) is 4.53. The first kappa shape index (κ1) is 13.5. The molecule has 1 aromatic carbocycles. The van der Waals surface area contributed by atoms with Crippen LogP contribution < -0.4 is 0 Å². The Bertz CT molecular complexity index is 401. The second-order valence-corrected chi connectivity index (χ2v) is 4.02. The molecule has 0 saturated carbocycles. The molecule has 0 saturated heterocycles. The van der Waals surface area contributed by atoms with Gasteiger partial charge in [0, 0.05) is 11.6 Å². The number of hydroxylamine groups is 3. The van der Waals surface area contributed by atoms with Gasteiger partial charge in [0.1, 0.15) is 14.1 Å². The van der Waals surface area contributed by atoms with Gasteiger partial charge in [-0.15, -0.1) is 4.65 Å². The van der Waals surface area contributed by atoms with Crippen molar-refractivity contribution >= 4 is 10.9 Å². The Hall–Kier alpha value is -1.53. The zero-order valence-electron chi connectivity index (χ0n) is 9.85. The van der Waals surface area contributed by atoms with E-state index < -0.39 is 11.1 Å². The number of aromatic nitrogens is 1. The van der Waals surface area contributed by atoms with E-state index in [1.807, 2.05) is 30.5 Å². The summed E-state index contributed by atoms with van der Waals surface area (Å²) in [6, 6.07) is 12.1. The monoisotopic (exact) mass is 237 g/mol. The van der Waals surface area contributed by atoms with Gasteiger partial charge >= 0.3 is 6.41 Å². The second kappa shape index (κ2) is 5.70. The highest BCUT2D eigenvalue weighted by Crippen LogP contribution is 2.07. The number of nitrogens with zero attached hydrogens (tertiary/aromatic N) is 2. The minimum atomic E-state index is -1.71. The van der Waals surface area contributed by atoms with Gasteiger partial charge in [-0.3, -0.25) is 4.98 Å². The van der Waals surface area contributed by atoms with Crippen molar-refractivity contribution in [3.05, 3.63) is 42.6 Å². The topological polar surface area (TPSA) is 73.6 Å². The smallest absolute Gasteiger partial charge is 0.319 e. The molecule has 0 fully saturated rings. The van der Waals surface area contributed by atoms with Crippen LogP contribution in [0.3, 0.4) is 0 Å². The number of aliphatic hydroxyl groups excluding tert-OH is 1. The number of fused-ring (bicyclic) bond motifs is 1. The predicted molar refractivity (Wildman–Crippen MR) is 63.9 cm³/mol. The van der Waals surface area contributed by atoms with Gasteiger partial charge in [0.05, 0.1) is 5.52 Å². The van der Waals surface area contributed by atoms with Crippen molar-refractivity contribution in [1.29, 1.82) is 0 Å². The fourth-order valence-electron chi connectivity index (χ4n) is 1.02. The molecule has 1 heterocycles. The third-order valence-electron chi connectivity index (χ3n) is 2.08. The van der Waals surface area contributed by atoms with Gasteiger partial charge in [-0.2, -0.15) is 0 Å². The van der Waals surface area contributed by atoms with Crippen LogP contribution in [0, 0.1) is 0 Å². The second-order valence-electron chi connectivity index (χ2n) is 4.02. The van der Waals surface area contributed by atoms with Crippen molar-refractivity contribution in [3.63, 3.8) is 0 Å². The van der Waals surface area contributed by atoms with Crippen LogP contribution in [-0.4, -0.2) is 45.6 Å². The van der Waals surface area contributed by atoms with E-state index in [1.165, 1.54) is 19.5 Å². The summed E-state index contributed by atoms with van der Waals surface area (Å²) in [6.07, 6.45) is 0.0995. The van der Waals surface area contributed by atoms with E-state index in [4.69, 9.17) is 15.4 Å². The van der Waals surface area contributed by atoms with E-state index in [-0.39, 0.29) is 0 Å². The fraction of sp³-hybridized carbons (Fsp3) is 0.250. The molecule has 0 bridgehead atoms. The van der Waals surface area contributed by atoms with Gasteiger partial charge in [-0.1, -0.05) is 24.3 Å². The molecule has 2 aromatic rings. The van der Waals surface area contributed by atoms with Crippen LogP contribution in [-0.2, 0) is 0 Å². The van der Waals surface area contributed by atoms with Crippen LogP contribution in [0.1, 0.15) is 0 Å². The molecule has 2 rings (SSSR count). The minimum Gasteiger partial charge on any atom is -0.319 e. The molecule has 0 aliphatic heterocycles. The Balaban J connectivity index is 0.000000185. The summed E-state index contributed by atoms with van der Waals surface area (Å²) < 4.78 is -0.833. The number of hydrogen-bond donors (Lipinski definition) is 3. The standard InChI is InChI=1S/C9H7N.C3H10NO3/c1-2-6-9-8(4-1)5-3-7-10-9;1-4(2,7)3(5)6/h1-7H;3,5-7H,1-2H3/q;+1. The van der Waals surface area contributed by atoms with Crippen LogP contribution in [0.15, 0.2) is 42.6 Å². The highest BCUT2D eigenvalue weighted by molar-refractivity contribution is 5.77. The van der Waals surface area contributed by atoms with Gasteiger partial charge in [-0.05, 0) is 12.1 Å². The summed E-state index contributed by atoms with van der Waals surface area (Å²) in [5.74, 6) is 0. The molecule has 1 aromatic heterocycles. The van der Waals surface area contributed by atoms with Gasteiger partial charge in [0.25, 0.3) is 0 Å². The van der Waals surface area contributed by atoms with E-state index in [0.29, 0.717) is 0 Å². The molecule has 0 unspecified atom stereocenters. The molecule has 17 heavy (non-hydrogen) atoms. The summed E-state index contributed by atoms with van der Waals surface area (Å²) >= 11 is 0. The van der Waals surface area contributed by atoms with Crippen molar-refractivity contribution in [2.45, 2.75) is 6.41 Å². The van der Waals surface area contributed by atoms with Crippen LogP contribution in [0.5, 0.6) is 0 Å². The lowest BCUT2D eigenvalue weighted by Crippen LogP contribution is -2.45. The summed E-state index contributed by atoms with van der Waals surface area (Å²) in [5.41, 5.74) is 1.06. The third kappa shape index (κ3) is 4.46. The van der Waals surface area contributed by atoms with Crippen molar-refractivity contribution in [2.24, 2.45) is 0 Å². The predicted octanol–water partition coefficient (Wildman–Crippen LogP) is 0.955. The summed E-state index contributed by atoms with van der Waals surface area (Å²) in [7, 11) is 2.51. The number of benzene rings is 1. The van der Waals surface area contributed by atoms with Gasteiger partial charge in [0.15, 0.2) is 0 Å². The Morgan fingerprint density at radius 3 is 2.12 bits per heavy atom. The van der Waals surface area contributed by atoms with Crippen molar-refractivity contribution in [1.82, 2.24) is 4.98 Å². The maximum Gasteiger partial charge on any atom is 0.334 e. The normalized spacial score (nSPS) is 11.2. The van der Waals surface area contributed by atoms with E-state index in [0.717, 1.165) is 5.52 Å². The van der Waals surface area contributed by atoms with Crippen molar-refractivity contribution in [3.8, 4) is 0 Å². The quantitative estimate of drug-likeness (QED) is 0.392. The molecule has 0 aliphatic rings. The maximum absolute atomic E-state index is 8.53. The third-order valence-corrected chi connectivity index (χ3v) is 2.08.